The Labute approximate surface area is 154 Å². The summed E-state index contributed by atoms with van der Waals surface area (Å²) in [5.74, 6) is 1.10. The second-order valence-corrected chi connectivity index (χ2v) is 7.35. The Morgan fingerprint density at radius 3 is 2.00 bits per heavy atom. The van der Waals surface area contributed by atoms with Crippen molar-refractivity contribution < 1.29 is 5.11 Å². The molecule has 2 unspecified atom stereocenters. The molecule has 0 aliphatic rings. The molecule has 0 aliphatic heterocycles. The first-order valence-corrected chi connectivity index (χ1v) is 10.0. The van der Waals surface area contributed by atoms with Crippen LogP contribution >= 0.6 is 0 Å². The Morgan fingerprint density at radius 2 is 1.28 bits per heavy atom. The zero-order valence-corrected chi connectivity index (χ0v) is 16.2. The Kier molecular flexibility index (Phi) is 8.04. The van der Waals surface area contributed by atoms with Crippen LogP contribution in [-0.4, -0.2) is 5.11 Å². The van der Waals surface area contributed by atoms with Crippen LogP contribution in [0.1, 0.15) is 87.8 Å². The molecule has 2 aromatic carbocycles. The summed E-state index contributed by atoms with van der Waals surface area (Å²) in [4.78, 5) is 0. The van der Waals surface area contributed by atoms with Crippen molar-refractivity contribution in [3.8, 4) is 5.75 Å². The zero-order chi connectivity index (χ0) is 18.1. The predicted molar refractivity (Wildman–Crippen MR) is 108 cm³/mol. The number of rotatable bonds is 10. The van der Waals surface area contributed by atoms with Gasteiger partial charge in [0.15, 0.2) is 0 Å². The van der Waals surface area contributed by atoms with Crippen molar-refractivity contribution in [2.24, 2.45) is 0 Å². The molecule has 0 saturated heterocycles. The van der Waals surface area contributed by atoms with Crippen LogP contribution in [0.3, 0.4) is 0 Å². The minimum atomic E-state index is 0.298. The lowest BCUT2D eigenvalue weighted by Crippen LogP contribution is -2.08. The van der Waals surface area contributed by atoms with E-state index in [1.807, 2.05) is 18.2 Å². The highest BCUT2D eigenvalue weighted by molar-refractivity contribution is 5.39. The van der Waals surface area contributed by atoms with Gasteiger partial charge in [-0.15, -0.1) is 0 Å². The number of aromatic hydroxyl groups is 1. The van der Waals surface area contributed by atoms with Gasteiger partial charge in [0.05, 0.1) is 0 Å². The van der Waals surface area contributed by atoms with E-state index < -0.39 is 0 Å². The van der Waals surface area contributed by atoms with Crippen LogP contribution in [0.4, 0.5) is 0 Å². The zero-order valence-electron chi connectivity index (χ0n) is 16.2. The highest BCUT2D eigenvalue weighted by atomic mass is 16.3. The molecule has 136 valence electrons. The van der Waals surface area contributed by atoms with Gasteiger partial charge in [-0.25, -0.2) is 0 Å². The van der Waals surface area contributed by atoms with Crippen LogP contribution in [0.2, 0.25) is 0 Å². The van der Waals surface area contributed by atoms with E-state index in [0.29, 0.717) is 17.6 Å². The fourth-order valence-electron chi connectivity index (χ4n) is 3.71. The number of hydrogen-bond acceptors (Lipinski definition) is 1. The van der Waals surface area contributed by atoms with Crippen LogP contribution in [0.5, 0.6) is 5.75 Å². The fourth-order valence-corrected chi connectivity index (χ4v) is 3.71. The number of para-hydroxylation sites is 1. The van der Waals surface area contributed by atoms with E-state index in [-0.39, 0.29) is 0 Å². The maximum Gasteiger partial charge on any atom is 0.119 e. The van der Waals surface area contributed by atoms with Crippen molar-refractivity contribution in [3.05, 3.63) is 65.2 Å². The number of benzene rings is 2. The van der Waals surface area contributed by atoms with Crippen molar-refractivity contribution in [1.82, 2.24) is 0 Å². The van der Waals surface area contributed by atoms with Gasteiger partial charge in [-0.05, 0) is 47.4 Å². The third-order valence-electron chi connectivity index (χ3n) is 5.52. The van der Waals surface area contributed by atoms with Crippen molar-refractivity contribution in [2.45, 2.75) is 77.6 Å². The standard InChI is InChI=1S/C24H34O/c1-4-5-6-7-8-9-14-21-15-10-11-16-22(21)19(2)20(3)23-17-12-13-18-24(23)25/h10-13,15-20,25H,4-9,14H2,1-3H3. The van der Waals surface area contributed by atoms with E-state index in [9.17, 15) is 5.11 Å². The average molecular weight is 339 g/mol. The van der Waals surface area contributed by atoms with E-state index in [4.69, 9.17) is 0 Å². The Hall–Kier alpha value is -1.76. The van der Waals surface area contributed by atoms with Crippen LogP contribution in [0, 0.1) is 0 Å². The summed E-state index contributed by atoms with van der Waals surface area (Å²) in [6, 6.07) is 16.6. The SMILES string of the molecule is CCCCCCCCc1ccccc1C(C)C(C)c1ccccc1O. The van der Waals surface area contributed by atoms with E-state index in [1.54, 1.807) is 6.07 Å². The predicted octanol–water partition coefficient (Wildman–Crippen LogP) is 7.20. The van der Waals surface area contributed by atoms with Gasteiger partial charge in [-0.2, -0.15) is 0 Å². The fraction of sp³-hybridized carbons (Fsp3) is 0.500. The van der Waals surface area contributed by atoms with Gasteiger partial charge in [0, 0.05) is 0 Å². The Balaban J connectivity index is 2.02. The van der Waals surface area contributed by atoms with E-state index >= 15 is 0 Å². The molecule has 0 fully saturated rings. The summed E-state index contributed by atoms with van der Waals surface area (Å²) in [7, 11) is 0. The Morgan fingerprint density at radius 1 is 0.720 bits per heavy atom. The molecule has 0 saturated carbocycles. The minimum absolute atomic E-state index is 0.298. The molecule has 2 aromatic rings. The van der Waals surface area contributed by atoms with Crippen molar-refractivity contribution in [3.63, 3.8) is 0 Å². The van der Waals surface area contributed by atoms with Gasteiger partial charge < -0.3 is 5.11 Å². The van der Waals surface area contributed by atoms with Gasteiger partial charge in [0.2, 0.25) is 0 Å². The normalized spacial score (nSPS) is 13.6. The highest BCUT2D eigenvalue weighted by Gasteiger charge is 2.20. The molecule has 0 amide bonds. The van der Waals surface area contributed by atoms with Gasteiger partial charge in [0.25, 0.3) is 0 Å². The highest BCUT2D eigenvalue weighted by Crippen LogP contribution is 2.37. The lowest BCUT2D eigenvalue weighted by atomic mass is 9.81. The second kappa shape index (κ2) is 10.3. The molecule has 1 N–H and O–H groups in total. The maximum atomic E-state index is 10.2. The topological polar surface area (TPSA) is 20.2 Å². The van der Waals surface area contributed by atoms with E-state index in [0.717, 1.165) is 5.56 Å². The van der Waals surface area contributed by atoms with Crippen LogP contribution in [0.15, 0.2) is 48.5 Å². The molecule has 0 aliphatic carbocycles. The Bertz CT molecular complexity index is 631. The third kappa shape index (κ3) is 5.63. The second-order valence-electron chi connectivity index (χ2n) is 7.35. The molecule has 25 heavy (non-hydrogen) atoms. The summed E-state index contributed by atoms with van der Waals surface area (Å²) in [6.45, 7) is 6.78. The van der Waals surface area contributed by atoms with Crippen molar-refractivity contribution >= 4 is 0 Å². The lowest BCUT2D eigenvalue weighted by molar-refractivity contribution is 0.456. The number of phenols is 1. The van der Waals surface area contributed by atoms with Gasteiger partial charge in [0.1, 0.15) is 5.75 Å². The quantitative estimate of drug-likeness (QED) is 0.454. The van der Waals surface area contributed by atoms with Crippen molar-refractivity contribution in [1.29, 1.82) is 0 Å². The maximum absolute atomic E-state index is 10.2. The van der Waals surface area contributed by atoms with Crippen molar-refractivity contribution in [2.75, 3.05) is 0 Å². The number of hydrogen-bond donors (Lipinski definition) is 1. The van der Waals surface area contributed by atoms with Gasteiger partial charge >= 0.3 is 0 Å². The molecule has 0 heterocycles. The first kappa shape index (κ1) is 19.6. The number of aryl methyl sites for hydroxylation is 1. The molecule has 2 atom stereocenters. The molecule has 0 radical (unpaired) electrons. The first-order valence-electron chi connectivity index (χ1n) is 10.0. The van der Waals surface area contributed by atoms with Crippen LogP contribution < -0.4 is 0 Å². The molecule has 1 nitrogen and oxygen atoms in total. The first-order chi connectivity index (χ1) is 12.1. The van der Waals surface area contributed by atoms with E-state index in [2.05, 4.69) is 45.0 Å². The average Bonchev–Trinajstić information content (AvgIpc) is 2.64. The molecule has 0 spiro atoms. The number of phenolic OH excluding ortho intramolecular Hbond substituents is 1. The monoisotopic (exact) mass is 338 g/mol. The summed E-state index contributed by atoms with van der Waals surface area (Å²) in [6.07, 6.45) is 9.19. The molecule has 0 bridgehead atoms. The lowest BCUT2D eigenvalue weighted by Gasteiger charge is -2.24. The van der Waals surface area contributed by atoms with Crippen LogP contribution in [-0.2, 0) is 6.42 Å². The van der Waals surface area contributed by atoms with Gasteiger partial charge in [-0.3, -0.25) is 0 Å². The molecule has 2 rings (SSSR count). The molecular weight excluding hydrogens is 304 g/mol. The summed E-state index contributed by atoms with van der Waals surface area (Å²) < 4.78 is 0. The van der Waals surface area contributed by atoms with E-state index in [1.165, 1.54) is 56.1 Å². The number of unbranched alkanes of at least 4 members (excludes halogenated alkanes) is 5. The molecule has 1 heteroatoms. The smallest absolute Gasteiger partial charge is 0.119 e. The van der Waals surface area contributed by atoms with Crippen LogP contribution in [0.25, 0.3) is 0 Å². The molecular formula is C24H34O. The summed E-state index contributed by atoms with van der Waals surface area (Å²) in [5.41, 5.74) is 3.96. The minimum Gasteiger partial charge on any atom is -0.508 e. The third-order valence-corrected chi connectivity index (χ3v) is 5.52. The van der Waals surface area contributed by atoms with Gasteiger partial charge in [-0.1, -0.05) is 95.3 Å². The summed E-state index contributed by atoms with van der Waals surface area (Å²) in [5, 5.41) is 10.2. The largest absolute Gasteiger partial charge is 0.508 e. The molecule has 0 aromatic heterocycles. The summed E-state index contributed by atoms with van der Waals surface area (Å²) >= 11 is 0.